The van der Waals surface area contributed by atoms with Gasteiger partial charge in [-0.3, -0.25) is 4.98 Å². The Hall–Kier alpha value is -1.35. The lowest BCUT2D eigenvalue weighted by atomic mass is 9.94. The van der Waals surface area contributed by atoms with Gasteiger partial charge in [-0.15, -0.1) is 0 Å². The highest BCUT2D eigenvalue weighted by atomic mass is 16.5. The zero-order valence-electron chi connectivity index (χ0n) is 8.73. The number of methoxy groups -OCH3 is 1. The average Bonchev–Trinajstić information content (AvgIpc) is 2.55. The zero-order chi connectivity index (χ0) is 10.3. The van der Waals surface area contributed by atoms with Crippen molar-refractivity contribution in [2.75, 3.05) is 13.7 Å². The van der Waals surface area contributed by atoms with Crippen LogP contribution in [-0.2, 0) is 0 Å². The first kappa shape index (κ1) is 8.92. The van der Waals surface area contributed by atoms with Gasteiger partial charge in [-0.1, -0.05) is 6.08 Å². The molecule has 15 heavy (non-hydrogen) atoms. The largest absolute Gasteiger partial charge is 0.495 e. The molecule has 3 heteroatoms. The van der Waals surface area contributed by atoms with E-state index in [2.05, 4.69) is 22.4 Å². The molecule has 1 fully saturated rings. The minimum atomic E-state index is 0.603. The van der Waals surface area contributed by atoms with E-state index in [1.165, 1.54) is 17.6 Å². The standard InChI is InChI=1S/C12H14N2O/c1-15-11-3-9(5-13-7-11)8-2-10-6-14-12(10)4-8/h3-5,7,10,12,14H,2,6H2,1H3. The minimum Gasteiger partial charge on any atom is -0.495 e. The Bertz CT molecular complexity index is 414. The molecular formula is C12H14N2O. The van der Waals surface area contributed by atoms with Crippen LogP contribution in [0.5, 0.6) is 5.75 Å². The van der Waals surface area contributed by atoms with E-state index in [1.54, 1.807) is 13.3 Å². The number of fused-ring (bicyclic) bond motifs is 1. The normalized spacial score (nSPS) is 27.9. The van der Waals surface area contributed by atoms with Crippen molar-refractivity contribution in [3.05, 3.63) is 30.1 Å². The molecule has 1 aliphatic heterocycles. The van der Waals surface area contributed by atoms with E-state index in [0.29, 0.717) is 6.04 Å². The fourth-order valence-electron chi connectivity index (χ4n) is 2.30. The molecule has 2 unspecified atom stereocenters. The molecule has 1 aliphatic carbocycles. The summed E-state index contributed by atoms with van der Waals surface area (Å²) in [6.07, 6.45) is 7.15. The highest BCUT2D eigenvalue weighted by molar-refractivity contribution is 5.69. The van der Waals surface area contributed by atoms with Crippen LogP contribution in [0.3, 0.4) is 0 Å². The first-order chi connectivity index (χ1) is 7.36. The summed E-state index contributed by atoms with van der Waals surface area (Å²) >= 11 is 0. The maximum absolute atomic E-state index is 5.18. The Morgan fingerprint density at radius 3 is 3.00 bits per heavy atom. The van der Waals surface area contributed by atoms with Crippen LogP contribution in [0.4, 0.5) is 0 Å². The smallest absolute Gasteiger partial charge is 0.137 e. The van der Waals surface area contributed by atoms with E-state index in [4.69, 9.17) is 4.74 Å². The molecule has 0 saturated carbocycles. The quantitative estimate of drug-likeness (QED) is 0.788. The highest BCUT2D eigenvalue weighted by Gasteiger charge is 2.34. The number of aromatic nitrogens is 1. The molecule has 78 valence electrons. The number of pyridine rings is 1. The van der Waals surface area contributed by atoms with E-state index < -0.39 is 0 Å². The van der Waals surface area contributed by atoms with Crippen molar-refractivity contribution in [1.29, 1.82) is 0 Å². The van der Waals surface area contributed by atoms with Gasteiger partial charge < -0.3 is 10.1 Å². The fourth-order valence-corrected chi connectivity index (χ4v) is 2.30. The van der Waals surface area contributed by atoms with Crippen LogP contribution < -0.4 is 10.1 Å². The fraction of sp³-hybridized carbons (Fsp3) is 0.417. The lowest BCUT2D eigenvalue weighted by Gasteiger charge is -2.31. The van der Waals surface area contributed by atoms with Crippen molar-refractivity contribution in [2.45, 2.75) is 12.5 Å². The molecule has 0 amide bonds. The Morgan fingerprint density at radius 2 is 2.40 bits per heavy atom. The average molecular weight is 202 g/mol. The summed E-state index contributed by atoms with van der Waals surface area (Å²) in [4.78, 5) is 4.18. The summed E-state index contributed by atoms with van der Waals surface area (Å²) in [5.41, 5.74) is 2.60. The van der Waals surface area contributed by atoms with Crippen LogP contribution in [0.25, 0.3) is 5.57 Å². The number of ether oxygens (including phenoxy) is 1. The molecule has 1 N–H and O–H groups in total. The predicted molar refractivity (Wildman–Crippen MR) is 58.7 cm³/mol. The predicted octanol–water partition coefficient (Wildman–Crippen LogP) is 1.47. The Labute approximate surface area is 89.2 Å². The molecular weight excluding hydrogens is 188 g/mol. The van der Waals surface area contributed by atoms with Crippen LogP contribution in [0.2, 0.25) is 0 Å². The second-order valence-electron chi connectivity index (χ2n) is 4.20. The molecule has 0 spiro atoms. The third kappa shape index (κ3) is 1.43. The summed E-state index contributed by atoms with van der Waals surface area (Å²) in [5.74, 6) is 1.65. The van der Waals surface area contributed by atoms with Gasteiger partial charge in [0.1, 0.15) is 5.75 Å². The maximum Gasteiger partial charge on any atom is 0.137 e. The first-order valence-electron chi connectivity index (χ1n) is 5.30. The van der Waals surface area contributed by atoms with Crippen LogP contribution in [0, 0.1) is 5.92 Å². The molecule has 1 aromatic heterocycles. The lowest BCUT2D eigenvalue weighted by molar-refractivity contribution is 0.301. The summed E-state index contributed by atoms with van der Waals surface area (Å²) in [7, 11) is 1.68. The van der Waals surface area contributed by atoms with Gasteiger partial charge in [0.25, 0.3) is 0 Å². The second-order valence-corrected chi connectivity index (χ2v) is 4.20. The number of nitrogens with one attached hydrogen (secondary N) is 1. The van der Waals surface area contributed by atoms with Gasteiger partial charge in [-0.25, -0.2) is 0 Å². The van der Waals surface area contributed by atoms with Crippen LogP contribution in [0.1, 0.15) is 12.0 Å². The molecule has 3 rings (SSSR count). The summed E-state index contributed by atoms with van der Waals surface area (Å²) in [6, 6.07) is 2.66. The number of nitrogens with zero attached hydrogens (tertiary/aromatic N) is 1. The van der Waals surface area contributed by atoms with Crippen molar-refractivity contribution in [2.24, 2.45) is 5.92 Å². The summed E-state index contributed by atoms with van der Waals surface area (Å²) in [5, 5.41) is 3.41. The van der Waals surface area contributed by atoms with E-state index >= 15 is 0 Å². The van der Waals surface area contributed by atoms with Gasteiger partial charge in [0, 0.05) is 18.8 Å². The Balaban J connectivity index is 1.89. The lowest BCUT2D eigenvalue weighted by Crippen LogP contribution is -2.49. The van der Waals surface area contributed by atoms with E-state index in [0.717, 1.165) is 18.2 Å². The van der Waals surface area contributed by atoms with Gasteiger partial charge in [0.2, 0.25) is 0 Å². The number of rotatable bonds is 2. The van der Waals surface area contributed by atoms with Crippen LogP contribution in [-0.4, -0.2) is 24.7 Å². The molecule has 1 saturated heterocycles. The van der Waals surface area contributed by atoms with E-state index in [9.17, 15) is 0 Å². The molecule has 0 radical (unpaired) electrons. The van der Waals surface area contributed by atoms with Crippen LogP contribution >= 0.6 is 0 Å². The van der Waals surface area contributed by atoms with Gasteiger partial charge in [0.05, 0.1) is 13.3 Å². The maximum atomic E-state index is 5.18. The SMILES string of the molecule is COc1cncc(C2=CC3NCC3C2)c1. The highest BCUT2D eigenvalue weighted by Crippen LogP contribution is 2.36. The topological polar surface area (TPSA) is 34.1 Å². The third-order valence-electron chi connectivity index (χ3n) is 3.31. The van der Waals surface area contributed by atoms with Crippen molar-refractivity contribution >= 4 is 5.57 Å². The molecule has 1 aromatic rings. The van der Waals surface area contributed by atoms with Crippen LogP contribution in [0.15, 0.2) is 24.5 Å². The van der Waals surface area contributed by atoms with Crippen molar-refractivity contribution in [1.82, 2.24) is 10.3 Å². The summed E-state index contributed by atoms with van der Waals surface area (Å²) < 4.78 is 5.18. The van der Waals surface area contributed by atoms with Crippen molar-refractivity contribution < 1.29 is 4.74 Å². The summed E-state index contributed by atoms with van der Waals surface area (Å²) in [6.45, 7) is 1.15. The monoisotopic (exact) mass is 202 g/mol. The van der Waals surface area contributed by atoms with Gasteiger partial charge in [-0.05, 0) is 29.5 Å². The molecule has 0 aromatic carbocycles. The van der Waals surface area contributed by atoms with Gasteiger partial charge in [0.15, 0.2) is 0 Å². The molecule has 2 aliphatic rings. The third-order valence-corrected chi connectivity index (χ3v) is 3.31. The minimum absolute atomic E-state index is 0.603. The van der Waals surface area contributed by atoms with Crippen molar-refractivity contribution in [3.8, 4) is 5.75 Å². The molecule has 3 nitrogen and oxygen atoms in total. The van der Waals surface area contributed by atoms with E-state index in [-0.39, 0.29) is 0 Å². The molecule has 2 atom stereocenters. The van der Waals surface area contributed by atoms with Gasteiger partial charge in [-0.2, -0.15) is 0 Å². The zero-order valence-corrected chi connectivity index (χ0v) is 8.73. The molecule has 2 heterocycles. The van der Waals surface area contributed by atoms with Gasteiger partial charge >= 0.3 is 0 Å². The molecule has 0 bridgehead atoms. The Morgan fingerprint density at radius 1 is 1.47 bits per heavy atom. The Kier molecular flexibility index (Phi) is 1.99. The van der Waals surface area contributed by atoms with E-state index in [1.807, 2.05) is 6.20 Å². The first-order valence-corrected chi connectivity index (χ1v) is 5.30. The number of hydrogen-bond acceptors (Lipinski definition) is 3. The second kappa shape index (κ2) is 3.35. The van der Waals surface area contributed by atoms with Crippen molar-refractivity contribution in [3.63, 3.8) is 0 Å². The number of allylic oxidation sites excluding steroid dienone is 1. The number of hydrogen-bond donors (Lipinski definition) is 1.